The third-order valence-electron chi connectivity index (χ3n) is 3.38. The van der Waals surface area contributed by atoms with E-state index in [0.717, 1.165) is 49.5 Å². The molecule has 3 heterocycles. The van der Waals surface area contributed by atoms with Crippen LogP contribution in [0.15, 0.2) is 18.3 Å². The number of anilines is 2. The lowest BCUT2D eigenvalue weighted by atomic mass is 10.2. The van der Waals surface area contributed by atoms with Crippen LogP contribution in [0.1, 0.15) is 16.1 Å². The molecule has 0 unspecified atom stereocenters. The Balaban J connectivity index is 1.72. The van der Waals surface area contributed by atoms with Gasteiger partial charge in [0, 0.05) is 36.4 Å². The van der Waals surface area contributed by atoms with Crippen molar-refractivity contribution in [3.8, 4) is 0 Å². The van der Waals surface area contributed by atoms with Crippen LogP contribution < -0.4 is 5.32 Å². The monoisotopic (exact) mass is 304 g/mol. The Kier molecular flexibility index (Phi) is 4.48. The van der Waals surface area contributed by atoms with E-state index in [1.54, 1.807) is 11.3 Å². The van der Waals surface area contributed by atoms with Crippen molar-refractivity contribution in [2.75, 3.05) is 31.6 Å². The number of nitrogens with zero attached hydrogens (tertiary/aromatic N) is 3. The molecule has 0 amide bonds. The maximum Gasteiger partial charge on any atom is 0.188 e. The summed E-state index contributed by atoms with van der Waals surface area (Å²) in [5, 5.41) is 4.19. The van der Waals surface area contributed by atoms with Gasteiger partial charge in [-0.25, -0.2) is 9.97 Å². The molecule has 3 rings (SSSR count). The number of nitrogens with one attached hydrogen (secondary N) is 1. The van der Waals surface area contributed by atoms with Gasteiger partial charge in [-0.05, 0) is 31.5 Å². The van der Waals surface area contributed by atoms with Crippen LogP contribution in [0.25, 0.3) is 0 Å². The van der Waals surface area contributed by atoms with Crippen molar-refractivity contribution in [3.63, 3.8) is 0 Å². The highest BCUT2D eigenvalue weighted by atomic mass is 32.1. The minimum atomic E-state index is 0.827. The van der Waals surface area contributed by atoms with Crippen molar-refractivity contribution < 1.29 is 4.74 Å². The summed E-state index contributed by atoms with van der Waals surface area (Å²) in [6.07, 6.45) is 1.87. The van der Waals surface area contributed by atoms with E-state index in [9.17, 15) is 0 Å². The molecule has 0 saturated carbocycles. The third kappa shape index (κ3) is 4.00. The van der Waals surface area contributed by atoms with E-state index in [4.69, 9.17) is 4.74 Å². The van der Waals surface area contributed by atoms with Crippen LogP contribution in [-0.4, -0.2) is 41.2 Å². The predicted molar refractivity (Wildman–Crippen MR) is 85.2 cm³/mol. The highest BCUT2D eigenvalue weighted by molar-refractivity contribution is 7.15. The first-order valence-electron chi connectivity index (χ1n) is 7.16. The highest BCUT2D eigenvalue weighted by Crippen LogP contribution is 2.22. The fourth-order valence-corrected chi connectivity index (χ4v) is 3.11. The summed E-state index contributed by atoms with van der Waals surface area (Å²) in [7, 11) is 0. The van der Waals surface area contributed by atoms with Gasteiger partial charge < -0.3 is 10.1 Å². The predicted octanol–water partition coefficient (Wildman–Crippen LogP) is 2.73. The minimum absolute atomic E-state index is 0.827. The van der Waals surface area contributed by atoms with Crippen LogP contribution in [0.2, 0.25) is 0 Å². The largest absolute Gasteiger partial charge is 0.379 e. The second-order valence-corrected chi connectivity index (χ2v) is 6.53. The molecular formula is C15H20N4OS. The van der Waals surface area contributed by atoms with E-state index in [2.05, 4.69) is 39.2 Å². The molecule has 0 radical (unpaired) electrons. The van der Waals surface area contributed by atoms with E-state index < -0.39 is 0 Å². The van der Waals surface area contributed by atoms with Gasteiger partial charge in [0.05, 0.1) is 13.2 Å². The van der Waals surface area contributed by atoms with Crippen LogP contribution in [-0.2, 0) is 11.3 Å². The molecule has 0 bridgehead atoms. The number of thiazole rings is 1. The van der Waals surface area contributed by atoms with E-state index in [-0.39, 0.29) is 0 Å². The lowest BCUT2D eigenvalue weighted by Gasteiger charge is -2.26. The molecule has 112 valence electrons. The topological polar surface area (TPSA) is 50.3 Å². The lowest BCUT2D eigenvalue weighted by molar-refractivity contribution is 0.0342. The van der Waals surface area contributed by atoms with Gasteiger partial charge in [-0.2, -0.15) is 0 Å². The van der Waals surface area contributed by atoms with Gasteiger partial charge in [0.25, 0.3) is 0 Å². The molecule has 1 aliphatic rings. The third-order valence-corrected chi connectivity index (χ3v) is 4.21. The molecule has 1 saturated heterocycles. The first kappa shape index (κ1) is 14.4. The average Bonchev–Trinajstić information content (AvgIpc) is 2.84. The van der Waals surface area contributed by atoms with Crippen molar-refractivity contribution in [2.45, 2.75) is 20.4 Å². The van der Waals surface area contributed by atoms with E-state index >= 15 is 0 Å². The first-order valence-corrected chi connectivity index (χ1v) is 7.98. The van der Waals surface area contributed by atoms with Crippen molar-refractivity contribution >= 4 is 22.3 Å². The molecule has 0 aliphatic carbocycles. The molecule has 1 fully saturated rings. The lowest BCUT2D eigenvalue weighted by Crippen LogP contribution is -2.35. The molecule has 2 aromatic heterocycles. The minimum Gasteiger partial charge on any atom is -0.379 e. The molecule has 0 atom stereocenters. The van der Waals surface area contributed by atoms with Crippen LogP contribution >= 0.6 is 11.3 Å². The zero-order valence-corrected chi connectivity index (χ0v) is 13.2. The molecule has 21 heavy (non-hydrogen) atoms. The second-order valence-electron chi connectivity index (χ2n) is 5.29. The molecule has 0 aromatic carbocycles. The van der Waals surface area contributed by atoms with Gasteiger partial charge >= 0.3 is 0 Å². The Bertz CT molecular complexity index is 607. The van der Waals surface area contributed by atoms with Crippen molar-refractivity contribution in [2.24, 2.45) is 0 Å². The Labute approximate surface area is 129 Å². The highest BCUT2D eigenvalue weighted by Gasteiger charge is 2.12. The number of aromatic nitrogens is 2. The Morgan fingerprint density at radius 3 is 2.81 bits per heavy atom. The van der Waals surface area contributed by atoms with Gasteiger partial charge in [0.1, 0.15) is 5.82 Å². The standard InChI is InChI=1S/C15H20N4OS/c1-11-7-13(10-19-3-5-20-6-4-19)8-14(17-11)18-15-16-9-12(2)21-15/h7-9H,3-6,10H2,1-2H3,(H,16,17,18). The van der Waals surface area contributed by atoms with Gasteiger partial charge in [-0.3, -0.25) is 4.90 Å². The summed E-state index contributed by atoms with van der Waals surface area (Å²) in [6.45, 7) is 8.67. The zero-order chi connectivity index (χ0) is 14.7. The Morgan fingerprint density at radius 1 is 1.29 bits per heavy atom. The molecule has 1 N–H and O–H groups in total. The van der Waals surface area contributed by atoms with Crippen LogP contribution in [0.3, 0.4) is 0 Å². The maximum atomic E-state index is 5.39. The normalized spacial score (nSPS) is 16.1. The van der Waals surface area contributed by atoms with Crippen LogP contribution in [0, 0.1) is 13.8 Å². The number of rotatable bonds is 4. The maximum absolute atomic E-state index is 5.39. The molecule has 5 nitrogen and oxygen atoms in total. The summed E-state index contributed by atoms with van der Waals surface area (Å²) in [5.41, 5.74) is 2.30. The summed E-state index contributed by atoms with van der Waals surface area (Å²) >= 11 is 1.64. The molecular weight excluding hydrogens is 284 g/mol. The Morgan fingerprint density at radius 2 is 2.10 bits per heavy atom. The summed E-state index contributed by atoms with van der Waals surface area (Å²) < 4.78 is 5.39. The fraction of sp³-hybridized carbons (Fsp3) is 0.467. The zero-order valence-electron chi connectivity index (χ0n) is 12.4. The number of aryl methyl sites for hydroxylation is 2. The number of hydrogen-bond donors (Lipinski definition) is 1. The second kappa shape index (κ2) is 6.51. The summed E-state index contributed by atoms with van der Waals surface area (Å²) in [5.74, 6) is 0.868. The molecule has 0 spiro atoms. The van der Waals surface area contributed by atoms with Crippen LogP contribution in [0.4, 0.5) is 10.9 Å². The Hall–Kier alpha value is -1.50. The van der Waals surface area contributed by atoms with Crippen LogP contribution in [0.5, 0.6) is 0 Å². The van der Waals surface area contributed by atoms with Gasteiger partial charge in [-0.15, -0.1) is 11.3 Å². The van der Waals surface area contributed by atoms with E-state index in [1.165, 1.54) is 10.4 Å². The summed E-state index contributed by atoms with van der Waals surface area (Å²) in [6, 6.07) is 4.26. The van der Waals surface area contributed by atoms with Gasteiger partial charge in [0.15, 0.2) is 5.13 Å². The molecule has 1 aliphatic heterocycles. The first-order chi connectivity index (χ1) is 10.2. The molecule has 6 heteroatoms. The smallest absolute Gasteiger partial charge is 0.188 e. The van der Waals surface area contributed by atoms with E-state index in [0.29, 0.717) is 0 Å². The average molecular weight is 304 g/mol. The SMILES string of the molecule is Cc1cc(CN2CCOCC2)cc(Nc2ncc(C)s2)n1. The number of pyridine rings is 1. The van der Waals surface area contributed by atoms with Crippen molar-refractivity contribution in [1.82, 2.24) is 14.9 Å². The van der Waals surface area contributed by atoms with E-state index in [1.807, 2.05) is 13.1 Å². The molecule has 2 aromatic rings. The van der Waals surface area contributed by atoms with Gasteiger partial charge in [-0.1, -0.05) is 0 Å². The number of hydrogen-bond acceptors (Lipinski definition) is 6. The number of morpholine rings is 1. The summed E-state index contributed by atoms with van der Waals surface area (Å²) in [4.78, 5) is 12.5. The van der Waals surface area contributed by atoms with Crippen molar-refractivity contribution in [3.05, 3.63) is 34.5 Å². The van der Waals surface area contributed by atoms with Gasteiger partial charge in [0.2, 0.25) is 0 Å². The quantitative estimate of drug-likeness (QED) is 0.941. The number of ether oxygens (including phenoxy) is 1. The van der Waals surface area contributed by atoms with Crippen molar-refractivity contribution in [1.29, 1.82) is 0 Å². The fourth-order valence-electron chi connectivity index (χ4n) is 2.43.